The van der Waals surface area contributed by atoms with Gasteiger partial charge in [0.2, 0.25) is 0 Å². The van der Waals surface area contributed by atoms with E-state index in [1.807, 2.05) is 41.3 Å². The lowest BCUT2D eigenvalue weighted by atomic mass is 9.85. The Morgan fingerprint density at radius 2 is 1.55 bits per heavy atom. The monoisotopic (exact) mass is 588 g/mol. The maximum Gasteiger partial charge on any atom is 0.325 e. The molecular formula is C32H36N4O5S. The Labute approximate surface area is 246 Å². The Bertz CT molecular complexity index is 1520. The molecule has 0 radical (unpaired) electrons. The second-order valence-electron chi connectivity index (χ2n) is 11.4. The summed E-state index contributed by atoms with van der Waals surface area (Å²) in [5, 5.41) is 5.64. The van der Waals surface area contributed by atoms with E-state index >= 15 is 0 Å². The number of urea groups is 1. The predicted molar refractivity (Wildman–Crippen MR) is 159 cm³/mol. The number of imide groups is 1. The quantitative estimate of drug-likeness (QED) is 0.389. The SMILES string of the molecule is COc1ccc(CN2C(=O)NC3(CCN(C([C@@H]4CNC[C@@H]4c4ccccc4)S(=O)(=O)c4ccccc4)CC3)C2=O)cc1. The lowest BCUT2D eigenvalue weighted by molar-refractivity contribution is -0.133. The Kier molecular flexibility index (Phi) is 7.78. The van der Waals surface area contributed by atoms with Gasteiger partial charge in [-0.1, -0.05) is 60.7 Å². The predicted octanol–water partition coefficient (Wildman–Crippen LogP) is 3.38. The average molecular weight is 589 g/mol. The molecule has 3 saturated heterocycles. The molecule has 3 heterocycles. The van der Waals surface area contributed by atoms with Crippen LogP contribution in [0.5, 0.6) is 5.75 Å². The van der Waals surface area contributed by atoms with E-state index in [1.165, 1.54) is 4.90 Å². The number of amides is 3. The van der Waals surface area contributed by atoms with Crippen molar-refractivity contribution >= 4 is 21.8 Å². The van der Waals surface area contributed by atoms with Gasteiger partial charge >= 0.3 is 6.03 Å². The molecule has 10 heteroatoms. The molecular weight excluding hydrogens is 552 g/mol. The van der Waals surface area contributed by atoms with Gasteiger partial charge in [-0.05, 0) is 48.2 Å². The topological polar surface area (TPSA) is 108 Å². The number of hydrogen-bond donors (Lipinski definition) is 2. The van der Waals surface area contributed by atoms with E-state index in [-0.39, 0.29) is 24.3 Å². The first-order chi connectivity index (χ1) is 20.3. The second kappa shape index (κ2) is 11.5. The Morgan fingerprint density at radius 3 is 2.19 bits per heavy atom. The van der Waals surface area contributed by atoms with Gasteiger partial charge in [-0.15, -0.1) is 0 Å². The number of piperidine rings is 1. The molecule has 3 amide bonds. The maximum atomic E-state index is 14.3. The van der Waals surface area contributed by atoms with Gasteiger partial charge in [0.1, 0.15) is 16.7 Å². The minimum atomic E-state index is -3.75. The van der Waals surface area contributed by atoms with Crippen molar-refractivity contribution in [2.24, 2.45) is 5.92 Å². The third kappa shape index (κ3) is 5.19. The van der Waals surface area contributed by atoms with Crippen molar-refractivity contribution in [3.05, 3.63) is 96.1 Å². The number of carbonyl (C=O) groups is 2. The lowest BCUT2D eigenvalue weighted by Gasteiger charge is -2.43. The number of rotatable bonds is 8. The summed E-state index contributed by atoms with van der Waals surface area (Å²) in [4.78, 5) is 30.3. The van der Waals surface area contributed by atoms with E-state index in [2.05, 4.69) is 22.8 Å². The molecule has 3 fully saturated rings. The van der Waals surface area contributed by atoms with Gasteiger partial charge in [0.05, 0.1) is 18.6 Å². The first-order valence-corrected chi connectivity index (χ1v) is 15.9. The zero-order valence-electron chi connectivity index (χ0n) is 23.6. The summed E-state index contributed by atoms with van der Waals surface area (Å²) in [5.41, 5.74) is 0.901. The highest BCUT2D eigenvalue weighted by atomic mass is 32.2. The third-order valence-corrected chi connectivity index (χ3v) is 11.2. The first kappa shape index (κ1) is 28.4. The molecule has 0 aromatic heterocycles. The van der Waals surface area contributed by atoms with Gasteiger partial charge in [0.15, 0.2) is 9.84 Å². The van der Waals surface area contributed by atoms with Gasteiger partial charge in [-0.2, -0.15) is 0 Å². The van der Waals surface area contributed by atoms with E-state index in [9.17, 15) is 18.0 Å². The van der Waals surface area contributed by atoms with E-state index in [1.54, 1.807) is 43.5 Å². The molecule has 3 aromatic carbocycles. The van der Waals surface area contributed by atoms with Crippen molar-refractivity contribution in [3.8, 4) is 5.75 Å². The van der Waals surface area contributed by atoms with Crippen molar-refractivity contribution in [1.29, 1.82) is 0 Å². The Balaban J connectivity index is 1.25. The number of ether oxygens (including phenoxy) is 1. The summed E-state index contributed by atoms with van der Waals surface area (Å²) >= 11 is 0. The van der Waals surface area contributed by atoms with E-state index in [0.29, 0.717) is 49.7 Å². The summed E-state index contributed by atoms with van der Waals surface area (Å²) in [6.45, 7) is 2.18. The Morgan fingerprint density at radius 1 is 0.905 bits per heavy atom. The van der Waals surface area contributed by atoms with Crippen molar-refractivity contribution in [2.75, 3.05) is 33.3 Å². The number of methoxy groups -OCH3 is 1. The standard InChI is InChI=1S/C32H36N4O5S/c1-41-25-14-12-23(13-15-25)22-36-30(37)32(34-31(36)38)16-18-35(19-17-32)29(42(39,40)26-10-6-3-7-11-26)28-21-33-20-27(28)24-8-4-2-5-9-24/h2-15,27-29,33H,16-22H2,1H3,(H,34,38)/t27-,28-,29?/m1/s1. The summed E-state index contributed by atoms with van der Waals surface area (Å²) in [6.07, 6.45) is 0.682. The highest BCUT2D eigenvalue weighted by Gasteiger charge is 2.54. The van der Waals surface area contributed by atoms with Gasteiger partial charge in [0, 0.05) is 38.0 Å². The molecule has 3 aromatic rings. The largest absolute Gasteiger partial charge is 0.497 e. The number of hydrogen-bond acceptors (Lipinski definition) is 7. The normalized spacial score (nSPS) is 23.2. The molecule has 0 aliphatic carbocycles. The number of carbonyl (C=O) groups excluding carboxylic acids is 2. The summed E-state index contributed by atoms with van der Waals surface area (Å²) in [6, 6.07) is 25.6. The summed E-state index contributed by atoms with van der Waals surface area (Å²) in [5.74, 6) is 0.285. The minimum Gasteiger partial charge on any atom is -0.497 e. The van der Waals surface area contributed by atoms with Gasteiger partial charge in [0.25, 0.3) is 5.91 Å². The van der Waals surface area contributed by atoms with Crippen LogP contribution in [0.4, 0.5) is 4.79 Å². The van der Waals surface area contributed by atoms with E-state index in [4.69, 9.17) is 4.74 Å². The van der Waals surface area contributed by atoms with Crippen LogP contribution < -0.4 is 15.4 Å². The molecule has 3 atom stereocenters. The summed E-state index contributed by atoms with van der Waals surface area (Å²) in [7, 11) is -2.16. The van der Waals surface area contributed by atoms with Crippen molar-refractivity contribution in [2.45, 2.75) is 41.1 Å². The molecule has 3 aliphatic rings. The molecule has 3 aliphatic heterocycles. The van der Waals surface area contributed by atoms with Crippen LogP contribution in [0.3, 0.4) is 0 Å². The fourth-order valence-corrected chi connectivity index (χ4v) is 8.91. The van der Waals surface area contributed by atoms with Gasteiger partial charge < -0.3 is 15.4 Å². The number of sulfone groups is 1. The van der Waals surface area contributed by atoms with E-state index < -0.39 is 26.8 Å². The van der Waals surface area contributed by atoms with E-state index in [0.717, 1.165) is 11.1 Å². The lowest BCUT2D eigenvalue weighted by Crippen LogP contribution is -2.59. The van der Waals surface area contributed by atoms with Crippen molar-refractivity contribution < 1.29 is 22.7 Å². The average Bonchev–Trinajstić information content (AvgIpc) is 3.58. The molecule has 9 nitrogen and oxygen atoms in total. The van der Waals surface area contributed by atoms with Crippen LogP contribution in [-0.2, 0) is 21.2 Å². The van der Waals surface area contributed by atoms with Gasteiger partial charge in [-0.3, -0.25) is 14.6 Å². The van der Waals surface area contributed by atoms with Crippen LogP contribution in [0, 0.1) is 5.92 Å². The molecule has 1 spiro atoms. The van der Waals surface area contributed by atoms with Crippen LogP contribution in [-0.4, -0.2) is 74.4 Å². The molecule has 1 unspecified atom stereocenters. The van der Waals surface area contributed by atoms with Crippen LogP contribution in [0.25, 0.3) is 0 Å². The number of benzene rings is 3. The highest BCUT2D eigenvalue weighted by molar-refractivity contribution is 7.92. The maximum absolute atomic E-state index is 14.3. The zero-order chi connectivity index (χ0) is 29.3. The van der Waals surface area contributed by atoms with Crippen molar-refractivity contribution in [1.82, 2.24) is 20.4 Å². The van der Waals surface area contributed by atoms with Gasteiger partial charge in [-0.25, -0.2) is 13.2 Å². The third-order valence-electron chi connectivity index (χ3n) is 9.00. The molecule has 6 rings (SSSR count). The fourth-order valence-electron chi connectivity index (χ4n) is 6.74. The van der Waals surface area contributed by atoms with Crippen LogP contribution in [0.1, 0.15) is 29.9 Å². The molecule has 0 bridgehead atoms. The molecule has 220 valence electrons. The second-order valence-corrected chi connectivity index (χ2v) is 13.4. The first-order valence-electron chi connectivity index (χ1n) is 14.4. The Hall–Kier alpha value is -3.73. The van der Waals surface area contributed by atoms with Crippen LogP contribution in [0.15, 0.2) is 89.8 Å². The van der Waals surface area contributed by atoms with Crippen molar-refractivity contribution in [3.63, 3.8) is 0 Å². The molecule has 2 N–H and O–H groups in total. The zero-order valence-corrected chi connectivity index (χ0v) is 24.4. The smallest absolute Gasteiger partial charge is 0.325 e. The number of nitrogens with zero attached hydrogens (tertiary/aromatic N) is 2. The van der Waals surface area contributed by atoms with Crippen LogP contribution in [0.2, 0.25) is 0 Å². The summed E-state index contributed by atoms with van der Waals surface area (Å²) < 4.78 is 33.8. The minimum absolute atomic E-state index is 0.0263. The number of likely N-dealkylation sites (tertiary alicyclic amines) is 1. The highest BCUT2D eigenvalue weighted by Crippen LogP contribution is 2.40. The van der Waals surface area contributed by atoms with Crippen LogP contribution >= 0.6 is 0 Å². The fraction of sp³-hybridized carbons (Fsp3) is 0.375. The molecule has 0 saturated carbocycles. The molecule has 42 heavy (non-hydrogen) atoms. The number of nitrogens with one attached hydrogen (secondary N) is 2.